The van der Waals surface area contributed by atoms with E-state index in [1.54, 1.807) is 0 Å². The van der Waals surface area contributed by atoms with Gasteiger partial charge in [0.05, 0.1) is 13.2 Å². The van der Waals surface area contributed by atoms with Gasteiger partial charge in [-0.2, -0.15) is 0 Å². The molecule has 1 aliphatic carbocycles. The van der Waals surface area contributed by atoms with Gasteiger partial charge in [-0.05, 0) is 25.7 Å². The van der Waals surface area contributed by atoms with Gasteiger partial charge in [-0.15, -0.1) is 0 Å². The van der Waals surface area contributed by atoms with Gasteiger partial charge in [0, 0.05) is 31.1 Å². The Balaban J connectivity index is 1.77. The SMILES string of the molecule is C[C@H](CN1CCOCC1)NC(=O)C(C)(C)C1CCC1. The van der Waals surface area contributed by atoms with Crippen LogP contribution in [0.4, 0.5) is 0 Å². The van der Waals surface area contributed by atoms with E-state index in [0.29, 0.717) is 5.92 Å². The molecular weight excluding hydrogens is 240 g/mol. The van der Waals surface area contributed by atoms with Crippen LogP contribution in [0.3, 0.4) is 0 Å². The van der Waals surface area contributed by atoms with Crippen LogP contribution in [0.5, 0.6) is 0 Å². The van der Waals surface area contributed by atoms with Crippen LogP contribution >= 0.6 is 0 Å². The third kappa shape index (κ3) is 3.69. The number of carbonyl (C=O) groups is 1. The zero-order valence-electron chi connectivity index (χ0n) is 12.6. The monoisotopic (exact) mass is 268 g/mol. The molecule has 1 N–H and O–H groups in total. The molecule has 2 aliphatic rings. The number of ether oxygens (including phenoxy) is 1. The second-order valence-electron chi connectivity index (χ2n) is 6.64. The van der Waals surface area contributed by atoms with Gasteiger partial charge in [0.15, 0.2) is 0 Å². The van der Waals surface area contributed by atoms with E-state index in [0.717, 1.165) is 32.8 Å². The fourth-order valence-corrected chi connectivity index (χ4v) is 2.94. The van der Waals surface area contributed by atoms with Gasteiger partial charge in [-0.25, -0.2) is 0 Å². The van der Waals surface area contributed by atoms with Crippen molar-refractivity contribution in [2.45, 2.75) is 46.1 Å². The Labute approximate surface area is 116 Å². The van der Waals surface area contributed by atoms with Gasteiger partial charge in [0.25, 0.3) is 0 Å². The second kappa shape index (κ2) is 6.23. The Morgan fingerprint density at radius 2 is 2.00 bits per heavy atom. The molecule has 2 rings (SSSR count). The maximum absolute atomic E-state index is 12.4. The van der Waals surface area contributed by atoms with Crippen LogP contribution in [0.2, 0.25) is 0 Å². The number of hydrogen-bond donors (Lipinski definition) is 1. The van der Waals surface area contributed by atoms with Crippen LogP contribution in [0.15, 0.2) is 0 Å². The van der Waals surface area contributed by atoms with Crippen LogP contribution < -0.4 is 5.32 Å². The quantitative estimate of drug-likeness (QED) is 0.824. The number of nitrogens with zero attached hydrogens (tertiary/aromatic N) is 1. The molecule has 1 atom stereocenters. The first kappa shape index (κ1) is 14.8. The molecule has 1 amide bonds. The average Bonchev–Trinajstić information content (AvgIpc) is 2.26. The molecular formula is C15H28N2O2. The number of amides is 1. The summed E-state index contributed by atoms with van der Waals surface area (Å²) < 4.78 is 5.34. The van der Waals surface area contributed by atoms with Crippen molar-refractivity contribution >= 4 is 5.91 Å². The smallest absolute Gasteiger partial charge is 0.226 e. The van der Waals surface area contributed by atoms with Crippen molar-refractivity contribution in [2.75, 3.05) is 32.8 Å². The Kier molecular flexibility index (Phi) is 4.85. The average molecular weight is 268 g/mol. The van der Waals surface area contributed by atoms with Gasteiger partial charge >= 0.3 is 0 Å². The zero-order chi connectivity index (χ0) is 13.9. The minimum absolute atomic E-state index is 0.211. The fraction of sp³-hybridized carbons (Fsp3) is 0.933. The predicted molar refractivity (Wildman–Crippen MR) is 76.0 cm³/mol. The predicted octanol–water partition coefficient (Wildman–Crippen LogP) is 1.65. The molecule has 110 valence electrons. The largest absolute Gasteiger partial charge is 0.379 e. The molecule has 0 aromatic rings. The molecule has 0 aromatic heterocycles. The highest BCUT2D eigenvalue weighted by Gasteiger charge is 2.40. The number of carbonyl (C=O) groups excluding carboxylic acids is 1. The van der Waals surface area contributed by atoms with Crippen molar-refractivity contribution < 1.29 is 9.53 Å². The topological polar surface area (TPSA) is 41.6 Å². The van der Waals surface area contributed by atoms with E-state index in [4.69, 9.17) is 4.74 Å². The van der Waals surface area contributed by atoms with Crippen molar-refractivity contribution in [2.24, 2.45) is 11.3 Å². The number of rotatable bonds is 5. The Morgan fingerprint density at radius 1 is 1.37 bits per heavy atom. The van der Waals surface area contributed by atoms with Crippen molar-refractivity contribution in [1.82, 2.24) is 10.2 Å². The molecule has 4 heteroatoms. The number of morpholine rings is 1. The molecule has 1 heterocycles. The summed E-state index contributed by atoms with van der Waals surface area (Å²) >= 11 is 0. The summed E-state index contributed by atoms with van der Waals surface area (Å²) in [6.07, 6.45) is 3.70. The van der Waals surface area contributed by atoms with Crippen molar-refractivity contribution in [3.8, 4) is 0 Å². The summed E-state index contributed by atoms with van der Waals surface area (Å²) in [5, 5.41) is 3.20. The van der Waals surface area contributed by atoms with Crippen molar-refractivity contribution in [1.29, 1.82) is 0 Å². The Bertz CT molecular complexity index is 307. The normalized spacial score (nSPS) is 23.7. The molecule has 0 unspecified atom stereocenters. The first-order valence-corrected chi connectivity index (χ1v) is 7.61. The standard InChI is InChI=1S/C15H28N2O2/c1-12(11-17-7-9-19-10-8-17)16-14(18)15(2,3)13-5-4-6-13/h12-13H,4-11H2,1-3H3,(H,16,18)/t12-/m1/s1. The highest BCUT2D eigenvalue weighted by Crippen LogP contribution is 2.41. The van der Waals surface area contributed by atoms with Crippen LogP contribution in [-0.4, -0.2) is 49.7 Å². The minimum atomic E-state index is -0.211. The van der Waals surface area contributed by atoms with E-state index in [1.165, 1.54) is 19.3 Å². The van der Waals surface area contributed by atoms with Gasteiger partial charge in [-0.3, -0.25) is 9.69 Å². The lowest BCUT2D eigenvalue weighted by Gasteiger charge is -2.40. The first-order valence-electron chi connectivity index (χ1n) is 7.61. The molecule has 1 saturated heterocycles. The molecule has 0 radical (unpaired) electrons. The lowest BCUT2D eigenvalue weighted by molar-refractivity contribution is -0.134. The highest BCUT2D eigenvalue weighted by atomic mass is 16.5. The molecule has 1 saturated carbocycles. The molecule has 19 heavy (non-hydrogen) atoms. The molecule has 4 nitrogen and oxygen atoms in total. The number of nitrogens with one attached hydrogen (secondary N) is 1. The lowest BCUT2D eigenvalue weighted by atomic mass is 9.67. The first-order chi connectivity index (χ1) is 9.00. The minimum Gasteiger partial charge on any atom is -0.379 e. The number of hydrogen-bond acceptors (Lipinski definition) is 3. The second-order valence-corrected chi connectivity index (χ2v) is 6.64. The van der Waals surface area contributed by atoms with Crippen molar-refractivity contribution in [3.63, 3.8) is 0 Å². The van der Waals surface area contributed by atoms with E-state index in [2.05, 4.69) is 31.0 Å². The third-order valence-corrected chi connectivity index (χ3v) is 4.72. The zero-order valence-corrected chi connectivity index (χ0v) is 12.6. The van der Waals surface area contributed by atoms with E-state index in [1.807, 2.05) is 0 Å². The lowest BCUT2D eigenvalue weighted by Crippen LogP contribution is -2.51. The Hall–Kier alpha value is -0.610. The van der Waals surface area contributed by atoms with Crippen molar-refractivity contribution in [3.05, 3.63) is 0 Å². The van der Waals surface area contributed by atoms with Gasteiger partial charge in [0.2, 0.25) is 5.91 Å². The molecule has 0 bridgehead atoms. The van der Waals surface area contributed by atoms with Crippen LogP contribution in [0.1, 0.15) is 40.0 Å². The summed E-state index contributed by atoms with van der Waals surface area (Å²) in [5.41, 5.74) is -0.211. The maximum atomic E-state index is 12.4. The van der Waals surface area contributed by atoms with Gasteiger partial charge in [-0.1, -0.05) is 20.3 Å². The summed E-state index contributed by atoms with van der Waals surface area (Å²) in [5.74, 6) is 0.793. The molecule has 0 aromatic carbocycles. The summed E-state index contributed by atoms with van der Waals surface area (Å²) in [7, 11) is 0. The van der Waals surface area contributed by atoms with E-state index < -0.39 is 0 Å². The molecule has 1 aliphatic heterocycles. The third-order valence-electron chi connectivity index (χ3n) is 4.72. The fourth-order valence-electron chi connectivity index (χ4n) is 2.94. The van der Waals surface area contributed by atoms with E-state index in [9.17, 15) is 4.79 Å². The van der Waals surface area contributed by atoms with Crippen LogP contribution in [0.25, 0.3) is 0 Å². The van der Waals surface area contributed by atoms with Crippen LogP contribution in [-0.2, 0) is 9.53 Å². The summed E-state index contributed by atoms with van der Waals surface area (Å²) in [6.45, 7) is 10.8. The Morgan fingerprint density at radius 3 is 2.53 bits per heavy atom. The summed E-state index contributed by atoms with van der Waals surface area (Å²) in [4.78, 5) is 14.8. The molecule has 0 spiro atoms. The van der Waals surface area contributed by atoms with Gasteiger partial charge in [0.1, 0.15) is 0 Å². The van der Waals surface area contributed by atoms with Crippen LogP contribution in [0, 0.1) is 11.3 Å². The molecule has 2 fully saturated rings. The van der Waals surface area contributed by atoms with E-state index in [-0.39, 0.29) is 17.4 Å². The maximum Gasteiger partial charge on any atom is 0.226 e. The van der Waals surface area contributed by atoms with Gasteiger partial charge < -0.3 is 10.1 Å². The highest BCUT2D eigenvalue weighted by molar-refractivity contribution is 5.82. The summed E-state index contributed by atoms with van der Waals surface area (Å²) in [6, 6.07) is 0.213. The van der Waals surface area contributed by atoms with E-state index >= 15 is 0 Å².